The average Bonchev–Trinajstić information content (AvgIpc) is 3.10. The zero-order chi connectivity index (χ0) is 15.7. The third-order valence-corrected chi connectivity index (χ3v) is 6.78. The molecule has 22 heavy (non-hydrogen) atoms. The number of hydrogen-bond donors (Lipinski definition) is 0. The van der Waals surface area contributed by atoms with Gasteiger partial charge in [-0.25, -0.2) is 13.4 Å². The first-order valence-corrected chi connectivity index (χ1v) is 9.56. The fourth-order valence-corrected chi connectivity index (χ4v) is 5.41. The molecule has 1 aromatic heterocycles. The second-order valence-corrected chi connectivity index (χ2v) is 8.29. The van der Waals surface area contributed by atoms with E-state index in [0.717, 1.165) is 0 Å². The van der Waals surface area contributed by atoms with Crippen molar-refractivity contribution in [3.63, 3.8) is 0 Å². The third kappa shape index (κ3) is 3.09. The molecule has 1 unspecified atom stereocenters. The highest BCUT2D eigenvalue weighted by molar-refractivity contribution is 7.89. The summed E-state index contributed by atoms with van der Waals surface area (Å²) in [5.41, 5.74) is 0. The van der Waals surface area contributed by atoms with Crippen molar-refractivity contribution in [1.82, 2.24) is 9.29 Å². The number of rotatable bonds is 4. The molecule has 0 bridgehead atoms. The first kappa shape index (κ1) is 16.0. The van der Waals surface area contributed by atoms with E-state index < -0.39 is 10.0 Å². The smallest absolute Gasteiger partial charge is 0.273 e. The Morgan fingerprint density at radius 2 is 2.05 bits per heavy atom. The van der Waals surface area contributed by atoms with Crippen LogP contribution in [0.4, 0.5) is 0 Å². The summed E-state index contributed by atoms with van der Waals surface area (Å²) in [6.07, 6.45) is 2.02. The molecule has 118 valence electrons. The van der Waals surface area contributed by atoms with Crippen molar-refractivity contribution < 1.29 is 13.2 Å². The molecule has 0 saturated carbocycles. The number of aromatic nitrogens is 1. The first-order chi connectivity index (χ1) is 10.5. The topological polar surface area (TPSA) is 59.5 Å². The van der Waals surface area contributed by atoms with E-state index in [1.54, 1.807) is 12.3 Å². The Balaban J connectivity index is 1.79. The molecule has 1 fully saturated rings. The number of halogens is 2. The van der Waals surface area contributed by atoms with Crippen LogP contribution in [-0.4, -0.2) is 36.9 Å². The highest BCUT2D eigenvalue weighted by atomic mass is 35.5. The Hall–Kier alpha value is -0.860. The molecule has 5 nitrogen and oxygen atoms in total. The van der Waals surface area contributed by atoms with E-state index in [2.05, 4.69) is 4.98 Å². The molecule has 1 saturated heterocycles. The van der Waals surface area contributed by atoms with E-state index in [1.807, 2.05) is 5.38 Å². The zero-order valence-electron chi connectivity index (χ0n) is 11.3. The van der Waals surface area contributed by atoms with Crippen molar-refractivity contribution in [2.75, 3.05) is 13.1 Å². The van der Waals surface area contributed by atoms with Crippen LogP contribution in [-0.2, 0) is 10.0 Å². The normalized spacial score (nSPS) is 19.5. The predicted octanol–water partition coefficient (Wildman–Crippen LogP) is 3.29. The van der Waals surface area contributed by atoms with E-state index >= 15 is 0 Å². The van der Waals surface area contributed by atoms with Crippen LogP contribution >= 0.6 is 34.5 Å². The number of sulfonamides is 1. The molecule has 0 radical (unpaired) electrons. The Labute approximate surface area is 142 Å². The van der Waals surface area contributed by atoms with Gasteiger partial charge in [0.25, 0.3) is 5.19 Å². The average molecular weight is 379 g/mol. The minimum absolute atomic E-state index is 0.0479. The maximum atomic E-state index is 12.7. The second kappa shape index (κ2) is 6.33. The van der Waals surface area contributed by atoms with E-state index in [1.165, 1.54) is 27.8 Å². The van der Waals surface area contributed by atoms with Crippen LogP contribution in [0.5, 0.6) is 5.19 Å². The maximum Gasteiger partial charge on any atom is 0.273 e. The minimum atomic E-state index is -3.74. The van der Waals surface area contributed by atoms with Crippen molar-refractivity contribution in [2.24, 2.45) is 0 Å². The van der Waals surface area contributed by atoms with Crippen molar-refractivity contribution in [1.29, 1.82) is 0 Å². The number of ether oxygens (including phenoxy) is 1. The maximum absolute atomic E-state index is 12.7. The number of thiazole rings is 1. The predicted molar refractivity (Wildman–Crippen MR) is 86.4 cm³/mol. The van der Waals surface area contributed by atoms with Crippen LogP contribution < -0.4 is 4.74 Å². The van der Waals surface area contributed by atoms with Gasteiger partial charge in [-0.3, -0.25) is 0 Å². The monoisotopic (exact) mass is 378 g/mol. The summed E-state index contributed by atoms with van der Waals surface area (Å²) in [4.78, 5) is 3.99. The van der Waals surface area contributed by atoms with Crippen LogP contribution in [0.15, 0.2) is 34.7 Å². The number of nitrogens with zero attached hydrogens (tertiary/aromatic N) is 2. The van der Waals surface area contributed by atoms with Crippen molar-refractivity contribution >= 4 is 44.6 Å². The largest absolute Gasteiger partial charge is 0.465 e. The molecule has 2 aromatic rings. The van der Waals surface area contributed by atoms with Crippen LogP contribution in [0.2, 0.25) is 10.0 Å². The molecule has 3 rings (SSSR count). The van der Waals surface area contributed by atoms with Crippen LogP contribution in [0, 0.1) is 0 Å². The summed E-state index contributed by atoms with van der Waals surface area (Å²) >= 11 is 13.4. The Morgan fingerprint density at radius 1 is 1.32 bits per heavy atom. The minimum Gasteiger partial charge on any atom is -0.465 e. The highest BCUT2D eigenvalue weighted by Crippen LogP contribution is 2.33. The standard InChI is InChI=1S/C13H12Cl2N2O3S2/c14-10-2-1-3-11(15)12(10)22(18,19)17-6-4-9(8-17)20-13-16-5-7-21-13/h1-3,5,7,9H,4,6,8H2. The lowest BCUT2D eigenvalue weighted by molar-refractivity contribution is 0.214. The molecule has 0 aliphatic carbocycles. The molecule has 1 atom stereocenters. The molecule has 0 spiro atoms. The molecule has 1 aliphatic rings. The summed E-state index contributed by atoms with van der Waals surface area (Å²) < 4.78 is 32.4. The number of hydrogen-bond acceptors (Lipinski definition) is 5. The second-order valence-electron chi connectivity index (χ2n) is 4.74. The van der Waals surface area contributed by atoms with Crippen LogP contribution in [0.1, 0.15) is 6.42 Å². The fraction of sp³-hybridized carbons (Fsp3) is 0.308. The van der Waals surface area contributed by atoms with E-state index in [0.29, 0.717) is 18.2 Å². The van der Waals surface area contributed by atoms with E-state index in [4.69, 9.17) is 27.9 Å². The van der Waals surface area contributed by atoms with Crippen molar-refractivity contribution in [2.45, 2.75) is 17.4 Å². The first-order valence-electron chi connectivity index (χ1n) is 6.49. The third-order valence-electron chi connectivity index (χ3n) is 3.30. The molecule has 0 N–H and O–H groups in total. The molecule has 1 aromatic carbocycles. The molecular weight excluding hydrogens is 367 g/mol. The van der Waals surface area contributed by atoms with Gasteiger partial charge in [0.05, 0.1) is 16.6 Å². The molecule has 2 heterocycles. The summed E-state index contributed by atoms with van der Waals surface area (Å²) in [6, 6.07) is 4.64. The van der Waals surface area contributed by atoms with E-state index in [9.17, 15) is 8.42 Å². The van der Waals surface area contributed by atoms with Gasteiger partial charge >= 0.3 is 0 Å². The lowest BCUT2D eigenvalue weighted by Crippen LogP contribution is -2.31. The van der Waals surface area contributed by atoms with Gasteiger partial charge in [-0.2, -0.15) is 4.31 Å². The lowest BCUT2D eigenvalue weighted by Gasteiger charge is -2.18. The van der Waals surface area contributed by atoms with Gasteiger partial charge in [-0.15, -0.1) is 0 Å². The number of benzene rings is 1. The van der Waals surface area contributed by atoms with E-state index in [-0.39, 0.29) is 27.6 Å². The summed E-state index contributed by atoms with van der Waals surface area (Å²) in [5.74, 6) is 0. The summed E-state index contributed by atoms with van der Waals surface area (Å²) in [5, 5.41) is 2.59. The van der Waals surface area contributed by atoms with Crippen LogP contribution in [0.3, 0.4) is 0 Å². The van der Waals surface area contributed by atoms with Crippen molar-refractivity contribution in [3.8, 4) is 5.19 Å². The summed E-state index contributed by atoms with van der Waals surface area (Å²) in [6.45, 7) is 0.614. The van der Waals surface area contributed by atoms with Gasteiger partial charge in [-0.05, 0) is 18.6 Å². The van der Waals surface area contributed by atoms with Gasteiger partial charge in [-0.1, -0.05) is 40.6 Å². The molecule has 9 heteroatoms. The Kier molecular flexibility index (Phi) is 4.61. The SMILES string of the molecule is O=S(=O)(c1c(Cl)cccc1Cl)N1CCC(Oc2nccs2)C1. The van der Waals surface area contributed by atoms with Gasteiger partial charge in [0.1, 0.15) is 11.0 Å². The molecule has 0 amide bonds. The summed E-state index contributed by atoms with van der Waals surface area (Å²) in [7, 11) is -3.74. The Morgan fingerprint density at radius 3 is 2.68 bits per heavy atom. The van der Waals surface area contributed by atoms with Gasteiger partial charge in [0.15, 0.2) is 0 Å². The van der Waals surface area contributed by atoms with Crippen LogP contribution in [0.25, 0.3) is 0 Å². The molecule has 1 aliphatic heterocycles. The zero-order valence-corrected chi connectivity index (χ0v) is 14.4. The van der Waals surface area contributed by atoms with Gasteiger partial charge < -0.3 is 4.74 Å². The Bertz CT molecular complexity index is 745. The lowest BCUT2D eigenvalue weighted by atomic mass is 10.3. The van der Waals surface area contributed by atoms with Gasteiger partial charge in [0, 0.05) is 18.1 Å². The highest BCUT2D eigenvalue weighted by Gasteiger charge is 2.36. The quantitative estimate of drug-likeness (QED) is 0.818. The fourth-order valence-electron chi connectivity index (χ4n) is 2.28. The van der Waals surface area contributed by atoms with Crippen molar-refractivity contribution in [3.05, 3.63) is 39.8 Å². The van der Waals surface area contributed by atoms with Gasteiger partial charge in [0.2, 0.25) is 10.0 Å². The molecular formula is C13H12Cl2N2O3S2.